The third-order valence-electron chi connectivity index (χ3n) is 5.14. The van der Waals surface area contributed by atoms with Gasteiger partial charge in [0.15, 0.2) is 5.65 Å². The second-order valence-electron chi connectivity index (χ2n) is 6.08. The van der Waals surface area contributed by atoms with Gasteiger partial charge in [0.2, 0.25) is 5.91 Å². The molecule has 2 aromatic heterocycles. The monoisotopic (exact) mass is 303 g/mol. The van der Waals surface area contributed by atoms with Crippen LogP contribution in [0.4, 0.5) is 5.69 Å². The van der Waals surface area contributed by atoms with Gasteiger partial charge in [-0.25, -0.2) is 9.97 Å². The van der Waals surface area contributed by atoms with Gasteiger partial charge in [-0.2, -0.15) is 0 Å². The summed E-state index contributed by atoms with van der Waals surface area (Å²) in [6, 6.07) is 1.22. The molecule has 4 rings (SSSR count). The molecule has 5 atom stereocenters. The summed E-state index contributed by atoms with van der Waals surface area (Å²) < 4.78 is 1.72. The Morgan fingerprint density at radius 1 is 1.50 bits per heavy atom. The molecule has 2 aliphatic carbocycles. The van der Waals surface area contributed by atoms with Crippen molar-refractivity contribution in [3.63, 3.8) is 0 Å². The largest absolute Gasteiger partial charge is 0.397 e. The smallest absolute Gasteiger partial charge is 0.229 e. The van der Waals surface area contributed by atoms with Gasteiger partial charge in [-0.1, -0.05) is 0 Å². The van der Waals surface area contributed by atoms with Crippen LogP contribution in [-0.2, 0) is 4.79 Å². The van der Waals surface area contributed by atoms with Gasteiger partial charge in [0.05, 0.1) is 29.6 Å². The van der Waals surface area contributed by atoms with Gasteiger partial charge in [-0.05, 0) is 12.5 Å². The summed E-state index contributed by atoms with van der Waals surface area (Å²) in [6.45, 7) is 0. The highest BCUT2D eigenvalue weighted by molar-refractivity contribution is 5.88. The first kappa shape index (κ1) is 13.5. The molecule has 22 heavy (non-hydrogen) atoms. The molecule has 2 saturated carbocycles. The number of rotatable bonds is 2. The van der Waals surface area contributed by atoms with Crippen LogP contribution in [-0.4, -0.2) is 49.9 Å². The average molecular weight is 303 g/mol. The van der Waals surface area contributed by atoms with E-state index in [2.05, 4.69) is 15.3 Å². The lowest BCUT2D eigenvalue weighted by Crippen LogP contribution is -2.41. The Hall–Kier alpha value is -2.19. The van der Waals surface area contributed by atoms with E-state index in [-0.39, 0.29) is 11.8 Å². The fraction of sp³-hybridized carbons (Fsp3) is 0.500. The van der Waals surface area contributed by atoms with E-state index in [1.807, 2.05) is 0 Å². The van der Waals surface area contributed by atoms with Crippen LogP contribution in [0.3, 0.4) is 0 Å². The summed E-state index contributed by atoms with van der Waals surface area (Å²) in [6.07, 6.45) is 1.54. The lowest BCUT2D eigenvalue weighted by molar-refractivity contribution is -0.132. The lowest BCUT2D eigenvalue weighted by Gasteiger charge is -2.23. The fourth-order valence-corrected chi connectivity index (χ4v) is 3.96. The van der Waals surface area contributed by atoms with E-state index in [0.29, 0.717) is 23.3 Å². The molecule has 2 heterocycles. The molecule has 2 fully saturated rings. The molecule has 5 N–H and O–H groups in total. The number of nitrogen functional groups attached to an aromatic ring is 1. The van der Waals surface area contributed by atoms with E-state index >= 15 is 0 Å². The van der Waals surface area contributed by atoms with Crippen LogP contribution in [0.2, 0.25) is 0 Å². The number of aromatic nitrogens is 3. The van der Waals surface area contributed by atoms with E-state index in [1.165, 1.54) is 7.05 Å². The second kappa shape index (κ2) is 4.17. The minimum absolute atomic E-state index is 0.141. The Balaban J connectivity index is 1.80. The number of fused-ring (bicyclic) bond motifs is 2. The highest BCUT2D eigenvalue weighted by Crippen LogP contribution is 2.67. The van der Waals surface area contributed by atoms with E-state index in [4.69, 9.17) is 5.73 Å². The minimum Gasteiger partial charge on any atom is -0.397 e. The van der Waals surface area contributed by atoms with Crippen LogP contribution < -0.4 is 11.1 Å². The molecule has 2 aromatic rings. The summed E-state index contributed by atoms with van der Waals surface area (Å²) in [5.41, 5.74) is 6.59. The number of nitrogens with two attached hydrogens (primary N) is 1. The van der Waals surface area contributed by atoms with Crippen molar-refractivity contribution < 1.29 is 15.0 Å². The first-order valence-electron chi connectivity index (χ1n) is 7.17. The van der Waals surface area contributed by atoms with E-state index in [0.717, 1.165) is 0 Å². The molecule has 0 aromatic carbocycles. The summed E-state index contributed by atoms with van der Waals surface area (Å²) in [5.74, 6) is -0.374. The van der Waals surface area contributed by atoms with Crippen LogP contribution in [0.1, 0.15) is 12.5 Å². The number of carbonyl (C=O) groups is 1. The number of nitrogens with one attached hydrogen (secondary N) is 1. The number of anilines is 1. The van der Waals surface area contributed by atoms with Crippen LogP contribution in [0.15, 0.2) is 18.6 Å². The fourth-order valence-electron chi connectivity index (χ4n) is 3.96. The predicted octanol–water partition coefficient (Wildman–Crippen LogP) is -0.958. The number of pyridine rings is 1. The maximum absolute atomic E-state index is 12.1. The summed E-state index contributed by atoms with van der Waals surface area (Å²) in [7, 11) is 1.54. The molecule has 0 saturated heterocycles. The summed E-state index contributed by atoms with van der Waals surface area (Å²) >= 11 is 0. The number of carbonyl (C=O) groups excluding carboxylic acids is 1. The standard InChI is InChI=1S/C14H17N5O3/c1-16-13(22)14-4-6(14)9(10(20)11(14)21)19-5-18-8-7(15)2-3-17-12(8)19/h2-3,5-6,9-11,20-21H,4H2,1H3,(H2,15,17)(H,16,22)/t6-,9-,10?,11-,14+/m1/s1. The molecular formula is C14H17N5O3. The van der Waals surface area contributed by atoms with E-state index in [9.17, 15) is 15.0 Å². The summed E-state index contributed by atoms with van der Waals surface area (Å²) in [5, 5.41) is 23.4. The minimum atomic E-state index is -1.10. The third-order valence-corrected chi connectivity index (χ3v) is 5.14. The Bertz CT molecular complexity index is 775. The van der Waals surface area contributed by atoms with Gasteiger partial charge in [-0.15, -0.1) is 0 Å². The van der Waals surface area contributed by atoms with Crippen molar-refractivity contribution >= 4 is 22.8 Å². The first-order chi connectivity index (χ1) is 10.5. The normalized spacial score (nSPS) is 36.3. The van der Waals surface area contributed by atoms with Crippen molar-refractivity contribution in [2.45, 2.75) is 24.7 Å². The van der Waals surface area contributed by atoms with Gasteiger partial charge in [0.1, 0.15) is 11.6 Å². The predicted molar refractivity (Wildman–Crippen MR) is 77.6 cm³/mol. The Morgan fingerprint density at radius 3 is 3.00 bits per heavy atom. The second-order valence-corrected chi connectivity index (χ2v) is 6.08. The van der Waals surface area contributed by atoms with Crippen molar-refractivity contribution in [2.75, 3.05) is 12.8 Å². The topological polar surface area (TPSA) is 126 Å². The van der Waals surface area contributed by atoms with Crippen LogP contribution >= 0.6 is 0 Å². The average Bonchev–Trinajstić information content (AvgIpc) is 3.04. The van der Waals surface area contributed by atoms with Crippen LogP contribution in [0.25, 0.3) is 11.2 Å². The van der Waals surface area contributed by atoms with Gasteiger partial charge < -0.3 is 25.8 Å². The Morgan fingerprint density at radius 2 is 2.27 bits per heavy atom. The zero-order valence-corrected chi connectivity index (χ0v) is 12.0. The lowest BCUT2D eigenvalue weighted by atomic mass is 9.98. The molecule has 116 valence electrons. The van der Waals surface area contributed by atoms with Crippen molar-refractivity contribution in [2.24, 2.45) is 11.3 Å². The molecule has 8 nitrogen and oxygen atoms in total. The molecule has 1 unspecified atom stereocenters. The molecule has 0 radical (unpaired) electrons. The van der Waals surface area contributed by atoms with Crippen LogP contribution in [0.5, 0.6) is 0 Å². The van der Waals surface area contributed by atoms with E-state index in [1.54, 1.807) is 23.2 Å². The number of hydrogen-bond donors (Lipinski definition) is 4. The highest BCUT2D eigenvalue weighted by atomic mass is 16.3. The van der Waals surface area contributed by atoms with Gasteiger partial charge in [0.25, 0.3) is 0 Å². The number of aliphatic hydroxyl groups excluding tert-OH is 2. The molecular weight excluding hydrogens is 286 g/mol. The number of amides is 1. The van der Waals surface area contributed by atoms with Crippen molar-refractivity contribution in [1.82, 2.24) is 19.9 Å². The molecule has 2 aliphatic rings. The van der Waals surface area contributed by atoms with Crippen LogP contribution in [0, 0.1) is 11.3 Å². The third kappa shape index (κ3) is 1.41. The Kier molecular flexibility index (Phi) is 2.56. The number of aliphatic hydroxyl groups is 2. The van der Waals surface area contributed by atoms with Crippen molar-refractivity contribution in [3.05, 3.63) is 18.6 Å². The molecule has 8 heteroatoms. The zero-order chi connectivity index (χ0) is 15.6. The van der Waals surface area contributed by atoms with Crippen molar-refractivity contribution in [1.29, 1.82) is 0 Å². The first-order valence-corrected chi connectivity index (χ1v) is 7.17. The summed E-state index contributed by atoms with van der Waals surface area (Å²) in [4.78, 5) is 20.6. The highest BCUT2D eigenvalue weighted by Gasteiger charge is 2.75. The van der Waals surface area contributed by atoms with E-state index < -0.39 is 23.7 Å². The molecule has 0 bridgehead atoms. The quantitative estimate of drug-likeness (QED) is 0.566. The van der Waals surface area contributed by atoms with Gasteiger partial charge in [-0.3, -0.25) is 4.79 Å². The van der Waals surface area contributed by atoms with Gasteiger partial charge in [0, 0.05) is 19.2 Å². The molecule has 1 amide bonds. The number of imidazole rings is 1. The number of hydrogen-bond acceptors (Lipinski definition) is 6. The van der Waals surface area contributed by atoms with Gasteiger partial charge >= 0.3 is 0 Å². The Labute approximate surface area is 126 Å². The SMILES string of the molecule is CNC(=O)[C@@]12C[C@@H]1[C@@H](n1cnc3c(N)ccnc31)C(O)[C@H]2O. The maximum atomic E-state index is 12.1. The maximum Gasteiger partial charge on any atom is 0.229 e. The van der Waals surface area contributed by atoms with Crippen molar-refractivity contribution in [3.8, 4) is 0 Å². The molecule has 0 spiro atoms. The zero-order valence-electron chi connectivity index (χ0n) is 12.0. The number of nitrogens with zero attached hydrogens (tertiary/aromatic N) is 3. The molecule has 0 aliphatic heterocycles.